The van der Waals surface area contributed by atoms with Crippen LogP contribution in [-0.4, -0.2) is 29.7 Å². The fourth-order valence-corrected chi connectivity index (χ4v) is 2.23. The standard InChI is InChI=1S/C15H14Cl2N2O5/c1-8-3-13(19-24-8)22-7-14(20)23-9(2)15(21)18-12-5-10(16)4-11(17)6-12/h3-6,9H,7H2,1-2H3,(H,18,21)/t9-/m1/s1. The number of amides is 1. The Morgan fingerprint density at radius 2 is 1.92 bits per heavy atom. The molecule has 0 spiro atoms. The maximum atomic E-state index is 12.0. The summed E-state index contributed by atoms with van der Waals surface area (Å²) in [6.45, 7) is 2.72. The first kappa shape index (κ1) is 18.1. The molecule has 0 aliphatic heterocycles. The molecule has 0 aliphatic rings. The van der Waals surface area contributed by atoms with Crippen LogP contribution < -0.4 is 10.1 Å². The number of ether oxygens (including phenoxy) is 2. The van der Waals surface area contributed by atoms with Gasteiger partial charge in [0.15, 0.2) is 12.7 Å². The lowest BCUT2D eigenvalue weighted by Gasteiger charge is -2.13. The Labute approximate surface area is 147 Å². The maximum Gasteiger partial charge on any atom is 0.345 e. The normalized spacial score (nSPS) is 11.7. The molecule has 9 heteroatoms. The molecule has 1 aromatic carbocycles. The number of anilines is 1. The molecule has 1 atom stereocenters. The van der Waals surface area contributed by atoms with Gasteiger partial charge in [-0.25, -0.2) is 4.79 Å². The zero-order valence-corrected chi connectivity index (χ0v) is 14.4. The molecule has 0 aliphatic carbocycles. The van der Waals surface area contributed by atoms with Crippen molar-refractivity contribution < 1.29 is 23.6 Å². The van der Waals surface area contributed by atoms with Gasteiger partial charge in [-0.2, -0.15) is 0 Å². The third-order valence-corrected chi connectivity index (χ3v) is 3.19. The summed E-state index contributed by atoms with van der Waals surface area (Å²) in [6.07, 6.45) is -1.03. The molecule has 0 fully saturated rings. The second kappa shape index (κ2) is 8.03. The van der Waals surface area contributed by atoms with E-state index in [9.17, 15) is 9.59 Å². The van der Waals surface area contributed by atoms with E-state index >= 15 is 0 Å². The van der Waals surface area contributed by atoms with Crippen molar-refractivity contribution in [2.24, 2.45) is 0 Å². The summed E-state index contributed by atoms with van der Waals surface area (Å²) in [4.78, 5) is 23.7. The van der Waals surface area contributed by atoms with Crippen LogP contribution >= 0.6 is 23.2 Å². The Kier molecular flexibility index (Phi) is 6.05. The molecule has 1 heterocycles. The first-order valence-electron chi connectivity index (χ1n) is 6.86. The number of rotatable bonds is 6. The fraction of sp³-hybridized carbons (Fsp3) is 0.267. The Morgan fingerprint density at radius 1 is 1.25 bits per heavy atom. The number of carbonyl (C=O) groups excluding carboxylic acids is 2. The molecule has 7 nitrogen and oxygen atoms in total. The molecule has 1 aromatic heterocycles. The molecule has 0 bridgehead atoms. The van der Waals surface area contributed by atoms with Gasteiger partial charge in [-0.3, -0.25) is 4.79 Å². The van der Waals surface area contributed by atoms with Crippen molar-refractivity contribution in [2.45, 2.75) is 20.0 Å². The van der Waals surface area contributed by atoms with Crippen LogP contribution in [0.15, 0.2) is 28.8 Å². The van der Waals surface area contributed by atoms with Crippen LogP contribution in [0.3, 0.4) is 0 Å². The lowest BCUT2D eigenvalue weighted by Crippen LogP contribution is -2.31. The van der Waals surface area contributed by atoms with Crippen molar-refractivity contribution >= 4 is 40.8 Å². The number of nitrogens with one attached hydrogen (secondary N) is 1. The Balaban J connectivity index is 1.83. The lowest BCUT2D eigenvalue weighted by molar-refractivity contribution is -0.155. The van der Waals surface area contributed by atoms with Crippen LogP contribution in [0.1, 0.15) is 12.7 Å². The number of halogens is 2. The van der Waals surface area contributed by atoms with E-state index < -0.39 is 24.6 Å². The molecular formula is C15H14Cl2N2O5. The number of benzene rings is 1. The van der Waals surface area contributed by atoms with Crippen LogP contribution in [-0.2, 0) is 14.3 Å². The molecule has 1 N–H and O–H groups in total. The number of aromatic nitrogens is 1. The van der Waals surface area contributed by atoms with Crippen LogP contribution in [0, 0.1) is 6.92 Å². The highest BCUT2D eigenvalue weighted by atomic mass is 35.5. The maximum absolute atomic E-state index is 12.0. The highest BCUT2D eigenvalue weighted by molar-refractivity contribution is 6.35. The zero-order valence-electron chi connectivity index (χ0n) is 12.8. The van der Waals surface area contributed by atoms with Crippen molar-refractivity contribution in [1.29, 1.82) is 0 Å². The predicted molar refractivity (Wildman–Crippen MR) is 87.4 cm³/mol. The van der Waals surface area contributed by atoms with Gasteiger partial charge in [-0.1, -0.05) is 23.2 Å². The SMILES string of the molecule is Cc1cc(OCC(=O)O[C@H](C)C(=O)Nc2cc(Cl)cc(Cl)c2)no1. The van der Waals surface area contributed by atoms with E-state index in [0.29, 0.717) is 21.5 Å². The topological polar surface area (TPSA) is 90.7 Å². The number of aryl methyl sites for hydroxylation is 1. The van der Waals surface area contributed by atoms with Gasteiger partial charge in [0.25, 0.3) is 11.8 Å². The highest BCUT2D eigenvalue weighted by Crippen LogP contribution is 2.22. The van der Waals surface area contributed by atoms with E-state index in [1.165, 1.54) is 31.2 Å². The van der Waals surface area contributed by atoms with Gasteiger partial charge in [0.05, 0.1) is 0 Å². The summed E-state index contributed by atoms with van der Waals surface area (Å²) in [5.74, 6) is -0.539. The number of hydrogen-bond donors (Lipinski definition) is 1. The summed E-state index contributed by atoms with van der Waals surface area (Å²) >= 11 is 11.7. The van der Waals surface area contributed by atoms with Crippen LogP contribution in [0.2, 0.25) is 10.0 Å². The molecule has 2 rings (SSSR count). The predicted octanol–water partition coefficient (Wildman–Crippen LogP) is 3.24. The van der Waals surface area contributed by atoms with E-state index in [0.717, 1.165) is 0 Å². The molecule has 0 saturated carbocycles. The molecule has 0 radical (unpaired) electrons. The largest absolute Gasteiger partial charge is 0.463 e. The highest BCUT2D eigenvalue weighted by Gasteiger charge is 2.19. The van der Waals surface area contributed by atoms with Gasteiger partial charge in [-0.05, 0) is 37.2 Å². The van der Waals surface area contributed by atoms with Gasteiger partial charge < -0.3 is 19.3 Å². The summed E-state index contributed by atoms with van der Waals surface area (Å²) in [7, 11) is 0. The first-order chi connectivity index (χ1) is 11.3. The first-order valence-corrected chi connectivity index (χ1v) is 7.61. The van der Waals surface area contributed by atoms with E-state index in [1.54, 1.807) is 6.92 Å². The summed E-state index contributed by atoms with van der Waals surface area (Å²) in [5, 5.41) is 6.87. The monoisotopic (exact) mass is 372 g/mol. The Hall–Kier alpha value is -2.25. The third kappa shape index (κ3) is 5.43. The van der Waals surface area contributed by atoms with Gasteiger partial charge in [-0.15, -0.1) is 0 Å². The average molecular weight is 373 g/mol. The fourth-order valence-electron chi connectivity index (χ4n) is 1.70. The summed E-state index contributed by atoms with van der Waals surface area (Å²) in [6, 6.07) is 6.10. The van der Waals surface area contributed by atoms with Gasteiger partial charge >= 0.3 is 5.97 Å². The van der Waals surface area contributed by atoms with Crippen LogP contribution in [0.25, 0.3) is 0 Å². The van der Waals surface area contributed by atoms with Gasteiger partial charge in [0.2, 0.25) is 0 Å². The second-order valence-corrected chi connectivity index (χ2v) is 5.72. The minimum Gasteiger partial charge on any atom is -0.463 e. The van der Waals surface area contributed by atoms with Gasteiger partial charge in [0, 0.05) is 21.8 Å². The van der Waals surface area contributed by atoms with E-state index in [-0.39, 0.29) is 5.88 Å². The van der Waals surface area contributed by atoms with E-state index in [2.05, 4.69) is 10.5 Å². The molecule has 128 valence electrons. The smallest absolute Gasteiger partial charge is 0.345 e. The van der Waals surface area contributed by atoms with E-state index in [1.807, 2.05) is 0 Å². The van der Waals surface area contributed by atoms with E-state index in [4.69, 9.17) is 37.2 Å². The number of carbonyl (C=O) groups is 2. The molecule has 24 heavy (non-hydrogen) atoms. The average Bonchev–Trinajstić information content (AvgIpc) is 2.89. The number of hydrogen-bond acceptors (Lipinski definition) is 6. The number of nitrogens with zero attached hydrogens (tertiary/aromatic N) is 1. The van der Waals surface area contributed by atoms with Crippen LogP contribution in [0.4, 0.5) is 5.69 Å². The quantitative estimate of drug-likeness (QED) is 0.782. The third-order valence-electron chi connectivity index (χ3n) is 2.75. The van der Waals surface area contributed by atoms with Gasteiger partial charge in [0.1, 0.15) is 5.76 Å². The molecule has 0 saturated heterocycles. The lowest BCUT2D eigenvalue weighted by atomic mass is 10.3. The molecule has 2 aromatic rings. The zero-order chi connectivity index (χ0) is 17.7. The Bertz CT molecular complexity index is 727. The summed E-state index contributed by atoms with van der Waals surface area (Å²) < 4.78 is 14.8. The number of esters is 1. The summed E-state index contributed by atoms with van der Waals surface area (Å²) in [5.41, 5.74) is 0.398. The van der Waals surface area contributed by atoms with Crippen molar-refractivity contribution in [3.63, 3.8) is 0 Å². The van der Waals surface area contributed by atoms with Crippen molar-refractivity contribution in [3.8, 4) is 5.88 Å². The molecule has 1 amide bonds. The second-order valence-electron chi connectivity index (χ2n) is 4.84. The minimum atomic E-state index is -1.03. The van der Waals surface area contributed by atoms with Crippen molar-refractivity contribution in [2.75, 3.05) is 11.9 Å². The van der Waals surface area contributed by atoms with Crippen molar-refractivity contribution in [1.82, 2.24) is 5.16 Å². The van der Waals surface area contributed by atoms with Crippen LogP contribution in [0.5, 0.6) is 5.88 Å². The minimum absolute atomic E-state index is 0.162. The molecule has 0 unspecified atom stereocenters. The molecular weight excluding hydrogens is 359 g/mol. The Morgan fingerprint density at radius 3 is 2.50 bits per heavy atom. The van der Waals surface area contributed by atoms with Crippen molar-refractivity contribution in [3.05, 3.63) is 40.1 Å².